The normalized spacial score (nSPS) is 10.6. The van der Waals surface area contributed by atoms with Crippen LogP contribution < -0.4 is 21.9 Å². The third-order valence-corrected chi connectivity index (χ3v) is 3.63. The summed E-state index contributed by atoms with van der Waals surface area (Å²) in [6.45, 7) is 2.78. The van der Waals surface area contributed by atoms with Gasteiger partial charge in [-0.2, -0.15) is 0 Å². The zero-order valence-electron chi connectivity index (χ0n) is 12.3. The van der Waals surface area contributed by atoms with Crippen molar-refractivity contribution in [3.8, 4) is 0 Å². The van der Waals surface area contributed by atoms with Crippen LogP contribution in [0.4, 0.5) is 23.0 Å². The van der Waals surface area contributed by atoms with Gasteiger partial charge in [0.05, 0.1) is 5.69 Å². The van der Waals surface area contributed by atoms with Gasteiger partial charge in [-0.05, 0) is 18.4 Å². The molecule has 0 saturated carbocycles. The first-order valence-corrected chi connectivity index (χ1v) is 7.08. The number of nitrogens with two attached hydrogens (primary N) is 2. The number of benzene rings is 2. The van der Waals surface area contributed by atoms with Crippen LogP contribution in [0.5, 0.6) is 0 Å². The largest absolute Gasteiger partial charge is 0.393 e. The summed E-state index contributed by atoms with van der Waals surface area (Å²) in [5.41, 5.74) is 10.1. The number of aromatic nitrogens is 2. The van der Waals surface area contributed by atoms with Gasteiger partial charge in [0.1, 0.15) is 12.0 Å². The molecule has 0 aliphatic heterocycles. The molecular formula is C16H18N6. The highest BCUT2D eigenvalue weighted by Gasteiger charge is 2.16. The van der Waals surface area contributed by atoms with E-state index in [4.69, 9.17) is 11.6 Å². The van der Waals surface area contributed by atoms with Gasteiger partial charge in [-0.25, -0.2) is 15.8 Å². The molecule has 2 aromatic carbocycles. The van der Waals surface area contributed by atoms with Crippen LogP contribution in [0.15, 0.2) is 48.8 Å². The second-order valence-electron chi connectivity index (χ2n) is 4.85. The number of nitrogens with zero attached hydrogens (tertiary/aromatic N) is 3. The molecule has 6 nitrogen and oxygen atoms in total. The van der Waals surface area contributed by atoms with Gasteiger partial charge in [0.15, 0.2) is 11.6 Å². The first-order valence-electron chi connectivity index (χ1n) is 7.08. The lowest BCUT2D eigenvalue weighted by Crippen LogP contribution is -2.21. The molecule has 0 fully saturated rings. The molecule has 0 unspecified atom stereocenters. The summed E-state index contributed by atoms with van der Waals surface area (Å²) in [5.74, 6) is 6.51. The first kappa shape index (κ1) is 14.1. The van der Waals surface area contributed by atoms with Gasteiger partial charge in [-0.3, -0.25) is 0 Å². The molecular weight excluding hydrogens is 276 g/mol. The number of rotatable bonds is 4. The molecule has 0 saturated heterocycles. The van der Waals surface area contributed by atoms with E-state index in [0.29, 0.717) is 17.3 Å². The van der Waals surface area contributed by atoms with Gasteiger partial charge in [0, 0.05) is 11.9 Å². The van der Waals surface area contributed by atoms with E-state index in [2.05, 4.69) is 51.5 Å². The molecule has 0 spiro atoms. The molecule has 5 N–H and O–H groups in total. The van der Waals surface area contributed by atoms with Crippen molar-refractivity contribution >= 4 is 33.8 Å². The van der Waals surface area contributed by atoms with Crippen molar-refractivity contribution in [1.82, 2.24) is 9.97 Å². The predicted molar refractivity (Wildman–Crippen MR) is 90.9 cm³/mol. The Labute approximate surface area is 128 Å². The van der Waals surface area contributed by atoms with Crippen LogP contribution in [0.25, 0.3) is 10.8 Å². The van der Waals surface area contributed by atoms with Crippen LogP contribution in [0.2, 0.25) is 0 Å². The van der Waals surface area contributed by atoms with E-state index in [-0.39, 0.29) is 0 Å². The van der Waals surface area contributed by atoms with Crippen molar-refractivity contribution in [2.24, 2.45) is 5.84 Å². The number of nitrogens with one attached hydrogen (secondary N) is 1. The van der Waals surface area contributed by atoms with E-state index in [1.165, 1.54) is 11.7 Å². The maximum Gasteiger partial charge on any atom is 0.168 e. The molecule has 0 amide bonds. The lowest BCUT2D eigenvalue weighted by molar-refractivity contribution is 0.983. The Hall–Kier alpha value is -2.86. The summed E-state index contributed by atoms with van der Waals surface area (Å²) in [7, 11) is 0. The van der Waals surface area contributed by atoms with Crippen molar-refractivity contribution in [1.29, 1.82) is 0 Å². The summed E-state index contributed by atoms with van der Waals surface area (Å²) in [6.07, 6.45) is 1.45. The maximum atomic E-state index is 6.14. The summed E-state index contributed by atoms with van der Waals surface area (Å²) < 4.78 is 0. The molecule has 0 aliphatic rings. The minimum absolute atomic E-state index is 0.420. The molecule has 1 heterocycles. The Morgan fingerprint density at radius 2 is 1.86 bits per heavy atom. The van der Waals surface area contributed by atoms with Crippen LogP contribution in [-0.2, 0) is 0 Å². The highest BCUT2D eigenvalue weighted by molar-refractivity contribution is 5.97. The number of hydrogen-bond acceptors (Lipinski definition) is 6. The zero-order valence-corrected chi connectivity index (χ0v) is 12.3. The minimum atomic E-state index is 0.420. The fourth-order valence-corrected chi connectivity index (χ4v) is 2.59. The summed E-state index contributed by atoms with van der Waals surface area (Å²) >= 11 is 0. The highest BCUT2D eigenvalue weighted by atomic mass is 15.3. The van der Waals surface area contributed by atoms with E-state index in [9.17, 15) is 0 Å². The summed E-state index contributed by atoms with van der Waals surface area (Å²) in [6, 6.07) is 14.4. The van der Waals surface area contributed by atoms with E-state index in [0.717, 1.165) is 17.6 Å². The van der Waals surface area contributed by atoms with E-state index in [1.807, 2.05) is 18.2 Å². The average Bonchev–Trinajstić information content (AvgIpc) is 2.57. The van der Waals surface area contributed by atoms with Gasteiger partial charge in [0.2, 0.25) is 0 Å². The minimum Gasteiger partial charge on any atom is -0.393 e. The molecule has 6 heteroatoms. The Balaban J connectivity index is 2.19. The topological polar surface area (TPSA) is 93.1 Å². The summed E-state index contributed by atoms with van der Waals surface area (Å²) in [5, 5.41) is 2.32. The number of hydrogen-bond donors (Lipinski definition) is 3. The predicted octanol–water partition coefficient (Wildman–Crippen LogP) is 2.66. The standard InChI is InChI=1S/C16H18N6/c1-2-22(16-14(17)15(21-18)19-10-20-16)13-9-5-7-11-6-3-4-8-12(11)13/h3-10H,2,17-18H2,1H3,(H,19,20,21). The lowest BCUT2D eigenvalue weighted by Gasteiger charge is -2.25. The van der Waals surface area contributed by atoms with Crippen LogP contribution in [-0.4, -0.2) is 16.5 Å². The lowest BCUT2D eigenvalue weighted by atomic mass is 10.1. The molecule has 22 heavy (non-hydrogen) atoms. The smallest absolute Gasteiger partial charge is 0.168 e. The van der Waals surface area contributed by atoms with E-state index < -0.39 is 0 Å². The van der Waals surface area contributed by atoms with Gasteiger partial charge < -0.3 is 16.1 Å². The molecule has 1 aromatic heterocycles. The van der Waals surface area contributed by atoms with Gasteiger partial charge in [-0.1, -0.05) is 36.4 Å². The van der Waals surface area contributed by atoms with E-state index in [1.54, 1.807) is 0 Å². The second kappa shape index (κ2) is 5.87. The third kappa shape index (κ3) is 2.29. The van der Waals surface area contributed by atoms with Gasteiger partial charge >= 0.3 is 0 Å². The average molecular weight is 294 g/mol. The van der Waals surface area contributed by atoms with Crippen LogP contribution in [0, 0.1) is 0 Å². The molecule has 0 aliphatic carbocycles. The Morgan fingerprint density at radius 3 is 2.64 bits per heavy atom. The molecule has 0 bridgehead atoms. The van der Waals surface area contributed by atoms with Gasteiger partial charge in [-0.15, -0.1) is 0 Å². The molecule has 3 aromatic rings. The van der Waals surface area contributed by atoms with Crippen LogP contribution in [0.3, 0.4) is 0 Å². The maximum absolute atomic E-state index is 6.14. The molecule has 3 rings (SSSR count). The highest BCUT2D eigenvalue weighted by Crippen LogP contribution is 2.35. The van der Waals surface area contributed by atoms with E-state index >= 15 is 0 Å². The Bertz CT molecular complexity index is 796. The van der Waals surface area contributed by atoms with Crippen molar-refractivity contribution in [2.45, 2.75) is 6.92 Å². The fourth-order valence-electron chi connectivity index (χ4n) is 2.59. The summed E-state index contributed by atoms with van der Waals surface area (Å²) in [4.78, 5) is 10.4. The fraction of sp³-hybridized carbons (Fsp3) is 0.125. The molecule has 0 atom stereocenters. The van der Waals surface area contributed by atoms with Crippen LogP contribution in [0.1, 0.15) is 6.92 Å². The monoisotopic (exact) mass is 294 g/mol. The zero-order chi connectivity index (χ0) is 15.5. The first-order chi connectivity index (χ1) is 10.8. The van der Waals surface area contributed by atoms with Crippen LogP contribution >= 0.6 is 0 Å². The second-order valence-corrected chi connectivity index (χ2v) is 4.85. The number of anilines is 4. The van der Waals surface area contributed by atoms with Crippen molar-refractivity contribution in [2.75, 3.05) is 22.6 Å². The number of nitrogen functional groups attached to an aromatic ring is 2. The van der Waals surface area contributed by atoms with Crippen molar-refractivity contribution in [3.05, 3.63) is 48.8 Å². The Morgan fingerprint density at radius 1 is 1.09 bits per heavy atom. The van der Waals surface area contributed by atoms with Crippen molar-refractivity contribution < 1.29 is 0 Å². The third-order valence-electron chi connectivity index (χ3n) is 3.63. The Kier molecular flexibility index (Phi) is 3.76. The quantitative estimate of drug-likeness (QED) is 0.506. The van der Waals surface area contributed by atoms with Gasteiger partial charge in [0.25, 0.3) is 0 Å². The molecule has 112 valence electrons. The number of hydrazine groups is 1. The van der Waals surface area contributed by atoms with Crippen molar-refractivity contribution in [3.63, 3.8) is 0 Å². The molecule has 0 radical (unpaired) electrons. The SMILES string of the molecule is CCN(c1ncnc(NN)c1N)c1cccc2ccccc12. The number of fused-ring (bicyclic) bond motifs is 1.